The molecule has 2 aliphatic rings. The maximum Gasteiger partial charge on any atom is 0.293 e. The van der Waals surface area contributed by atoms with E-state index in [9.17, 15) is 18.8 Å². The number of ether oxygens (including phenoxy) is 2. The van der Waals surface area contributed by atoms with Gasteiger partial charge in [-0.25, -0.2) is 4.39 Å². The van der Waals surface area contributed by atoms with Crippen LogP contribution >= 0.6 is 23.4 Å². The number of nitrogens with zero attached hydrogens (tertiary/aromatic N) is 1. The van der Waals surface area contributed by atoms with Gasteiger partial charge in [0.1, 0.15) is 5.82 Å². The van der Waals surface area contributed by atoms with E-state index in [1.165, 1.54) is 12.1 Å². The van der Waals surface area contributed by atoms with E-state index in [1.54, 1.807) is 24.3 Å². The van der Waals surface area contributed by atoms with Gasteiger partial charge >= 0.3 is 0 Å². The zero-order chi connectivity index (χ0) is 21.3. The number of hydrogen-bond donors (Lipinski definition) is 1. The molecule has 3 amide bonds. The molecule has 154 valence electrons. The first kappa shape index (κ1) is 20.2. The predicted octanol–water partition coefficient (Wildman–Crippen LogP) is 3.67. The highest BCUT2D eigenvalue weighted by atomic mass is 35.5. The van der Waals surface area contributed by atoms with E-state index in [2.05, 4.69) is 5.32 Å². The lowest BCUT2D eigenvalue weighted by molar-refractivity contribution is -0.122. The number of amides is 3. The Morgan fingerprint density at radius 2 is 2.00 bits per heavy atom. The second-order valence-electron chi connectivity index (χ2n) is 6.33. The molecule has 2 aromatic rings. The molecular formula is C20H14ClFN2O5S. The summed E-state index contributed by atoms with van der Waals surface area (Å²) in [5.41, 5.74) is 0.521. The molecule has 0 aromatic heterocycles. The van der Waals surface area contributed by atoms with Crippen molar-refractivity contribution in [2.45, 2.75) is 0 Å². The van der Waals surface area contributed by atoms with E-state index in [-0.39, 0.29) is 35.4 Å². The molecule has 1 N–H and O–H groups in total. The number of carbonyl (C=O) groups excluding carboxylic acids is 3. The quantitative estimate of drug-likeness (QED) is 0.702. The van der Waals surface area contributed by atoms with Gasteiger partial charge in [-0.1, -0.05) is 17.7 Å². The average Bonchev–Trinajstić information content (AvgIpc) is 3.27. The Labute approximate surface area is 179 Å². The molecule has 0 unspecified atom stereocenters. The molecular weight excluding hydrogens is 435 g/mol. The minimum absolute atomic E-state index is 0.0176. The van der Waals surface area contributed by atoms with Gasteiger partial charge in [0.15, 0.2) is 11.5 Å². The average molecular weight is 449 g/mol. The number of nitrogens with one attached hydrogen (secondary N) is 1. The number of benzene rings is 2. The van der Waals surface area contributed by atoms with Crippen LogP contribution in [0, 0.1) is 5.82 Å². The van der Waals surface area contributed by atoms with Crippen LogP contribution in [-0.2, 0) is 4.79 Å². The summed E-state index contributed by atoms with van der Waals surface area (Å²) in [7, 11) is 0. The summed E-state index contributed by atoms with van der Waals surface area (Å²) in [4.78, 5) is 38.1. The van der Waals surface area contributed by atoms with E-state index < -0.39 is 22.9 Å². The molecule has 30 heavy (non-hydrogen) atoms. The smallest absolute Gasteiger partial charge is 0.293 e. The van der Waals surface area contributed by atoms with Crippen molar-refractivity contribution in [3.05, 3.63) is 63.3 Å². The van der Waals surface area contributed by atoms with Crippen molar-refractivity contribution in [3.63, 3.8) is 0 Å². The molecule has 2 aromatic carbocycles. The first-order chi connectivity index (χ1) is 14.4. The lowest BCUT2D eigenvalue weighted by atomic mass is 10.2. The Hall–Kier alpha value is -3.04. The van der Waals surface area contributed by atoms with Crippen LogP contribution in [0.2, 0.25) is 5.02 Å². The van der Waals surface area contributed by atoms with Crippen LogP contribution in [0.15, 0.2) is 41.3 Å². The molecule has 0 atom stereocenters. The molecule has 0 radical (unpaired) electrons. The van der Waals surface area contributed by atoms with Crippen molar-refractivity contribution in [1.29, 1.82) is 0 Å². The van der Waals surface area contributed by atoms with E-state index in [0.717, 1.165) is 22.7 Å². The topological polar surface area (TPSA) is 84.9 Å². The summed E-state index contributed by atoms with van der Waals surface area (Å²) in [6.45, 7) is 0.0846. The van der Waals surface area contributed by atoms with Gasteiger partial charge in [-0.05, 0) is 53.7 Å². The molecule has 2 aliphatic heterocycles. The third-order valence-electron chi connectivity index (χ3n) is 4.36. The number of fused-ring (bicyclic) bond motifs is 1. The van der Waals surface area contributed by atoms with Gasteiger partial charge in [0, 0.05) is 18.1 Å². The summed E-state index contributed by atoms with van der Waals surface area (Å²) in [6, 6.07) is 8.90. The fourth-order valence-electron chi connectivity index (χ4n) is 2.90. The molecule has 4 rings (SSSR count). The number of thioether (sulfide) groups is 1. The Kier molecular flexibility index (Phi) is 5.65. The van der Waals surface area contributed by atoms with Gasteiger partial charge in [-0.15, -0.1) is 0 Å². The normalized spacial score (nSPS) is 16.5. The SMILES string of the molecule is O=C(NCCN1C(=O)S/C(=C\c2ccc3c(c2)OCO3)C1=O)c1ccc(Cl)cc1F. The van der Waals surface area contributed by atoms with Gasteiger partial charge in [-0.3, -0.25) is 19.3 Å². The monoisotopic (exact) mass is 448 g/mol. The van der Waals surface area contributed by atoms with Crippen LogP contribution in [0.4, 0.5) is 9.18 Å². The second-order valence-corrected chi connectivity index (χ2v) is 7.76. The Bertz CT molecular complexity index is 1090. The predicted molar refractivity (Wildman–Crippen MR) is 109 cm³/mol. The van der Waals surface area contributed by atoms with Crippen molar-refractivity contribution in [2.75, 3.05) is 19.9 Å². The van der Waals surface area contributed by atoms with Crippen molar-refractivity contribution in [1.82, 2.24) is 10.2 Å². The van der Waals surface area contributed by atoms with E-state index in [0.29, 0.717) is 17.1 Å². The van der Waals surface area contributed by atoms with Crippen LogP contribution < -0.4 is 14.8 Å². The maximum atomic E-state index is 13.8. The van der Waals surface area contributed by atoms with Gasteiger partial charge in [-0.2, -0.15) is 0 Å². The Morgan fingerprint density at radius 3 is 2.80 bits per heavy atom. The lowest BCUT2D eigenvalue weighted by Crippen LogP contribution is -2.37. The van der Waals surface area contributed by atoms with Crippen molar-refractivity contribution < 1.29 is 28.2 Å². The Morgan fingerprint density at radius 1 is 1.20 bits per heavy atom. The number of imide groups is 1. The van der Waals surface area contributed by atoms with Crippen LogP contribution in [-0.4, -0.2) is 41.8 Å². The molecule has 10 heteroatoms. The van der Waals surface area contributed by atoms with Crippen molar-refractivity contribution in [2.24, 2.45) is 0 Å². The lowest BCUT2D eigenvalue weighted by Gasteiger charge is -2.13. The fraction of sp³-hybridized carbons (Fsp3) is 0.150. The first-order valence-corrected chi connectivity index (χ1v) is 10.00. The van der Waals surface area contributed by atoms with Gasteiger partial charge in [0.2, 0.25) is 6.79 Å². The minimum atomic E-state index is -0.752. The van der Waals surface area contributed by atoms with E-state index >= 15 is 0 Å². The van der Waals surface area contributed by atoms with Gasteiger partial charge < -0.3 is 14.8 Å². The standard InChI is InChI=1S/C20H14ClFN2O5S/c21-12-2-3-13(14(22)9-12)18(25)23-5-6-24-19(26)17(30-20(24)27)8-11-1-4-15-16(7-11)29-10-28-15/h1-4,7-9H,5-6,10H2,(H,23,25)/b17-8-. The molecule has 7 nitrogen and oxygen atoms in total. The maximum absolute atomic E-state index is 13.8. The third kappa shape index (κ3) is 4.12. The molecule has 0 aliphatic carbocycles. The van der Waals surface area contributed by atoms with Crippen LogP contribution in [0.1, 0.15) is 15.9 Å². The molecule has 0 saturated carbocycles. The van der Waals surface area contributed by atoms with E-state index in [4.69, 9.17) is 21.1 Å². The third-order valence-corrected chi connectivity index (χ3v) is 5.51. The van der Waals surface area contributed by atoms with E-state index in [1.807, 2.05) is 0 Å². The number of rotatable bonds is 5. The number of hydrogen-bond acceptors (Lipinski definition) is 6. The minimum Gasteiger partial charge on any atom is -0.454 e. The van der Waals surface area contributed by atoms with Crippen LogP contribution in [0.25, 0.3) is 6.08 Å². The molecule has 1 fully saturated rings. The highest BCUT2D eigenvalue weighted by Crippen LogP contribution is 2.36. The summed E-state index contributed by atoms with van der Waals surface area (Å²) in [6.07, 6.45) is 1.59. The van der Waals surface area contributed by atoms with Crippen molar-refractivity contribution >= 4 is 46.5 Å². The number of halogens is 2. The number of carbonyl (C=O) groups is 3. The Balaban J connectivity index is 1.38. The zero-order valence-corrected chi connectivity index (χ0v) is 16.9. The molecule has 2 heterocycles. The van der Waals surface area contributed by atoms with Crippen LogP contribution in [0.3, 0.4) is 0 Å². The summed E-state index contributed by atoms with van der Waals surface area (Å²) in [5.74, 6) is -0.687. The highest BCUT2D eigenvalue weighted by molar-refractivity contribution is 8.18. The second kappa shape index (κ2) is 8.37. The summed E-state index contributed by atoms with van der Waals surface area (Å²) < 4.78 is 24.4. The molecule has 1 saturated heterocycles. The first-order valence-electron chi connectivity index (χ1n) is 8.80. The zero-order valence-electron chi connectivity index (χ0n) is 15.3. The molecule has 0 bridgehead atoms. The summed E-state index contributed by atoms with van der Waals surface area (Å²) >= 11 is 6.48. The highest BCUT2D eigenvalue weighted by Gasteiger charge is 2.34. The van der Waals surface area contributed by atoms with Crippen molar-refractivity contribution in [3.8, 4) is 11.5 Å². The van der Waals surface area contributed by atoms with Gasteiger partial charge in [0.25, 0.3) is 17.1 Å². The largest absolute Gasteiger partial charge is 0.454 e. The molecule has 0 spiro atoms. The van der Waals surface area contributed by atoms with Crippen LogP contribution in [0.5, 0.6) is 11.5 Å². The fourth-order valence-corrected chi connectivity index (χ4v) is 3.92. The van der Waals surface area contributed by atoms with Gasteiger partial charge in [0.05, 0.1) is 10.5 Å². The summed E-state index contributed by atoms with van der Waals surface area (Å²) in [5, 5.41) is 2.22.